The topological polar surface area (TPSA) is 194 Å². The molecule has 0 bridgehead atoms. The van der Waals surface area contributed by atoms with E-state index in [-0.39, 0.29) is 41.7 Å². The molecule has 1 aliphatic heterocycles. The maximum atomic E-state index is 12.9. The van der Waals surface area contributed by atoms with Crippen molar-refractivity contribution in [1.82, 2.24) is 25.7 Å². The number of hydrogen-bond donors (Lipinski definition) is 4. The van der Waals surface area contributed by atoms with Crippen molar-refractivity contribution in [2.75, 3.05) is 26.1 Å². The number of ether oxygens (including phenoxy) is 4. The lowest BCUT2D eigenvalue weighted by Gasteiger charge is -2.37. The van der Waals surface area contributed by atoms with Crippen molar-refractivity contribution in [2.45, 2.75) is 44.3 Å². The Hall–Kier alpha value is -4.47. The monoisotopic (exact) mass is 736 g/mol. The summed E-state index contributed by atoms with van der Waals surface area (Å²) in [6.45, 7) is 3.54. The molecular formula is C35H41N6O8PS. The van der Waals surface area contributed by atoms with Crippen molar-refractivity contribution >= 4 is 42.0 Å². The average molecular weight is 737 g/mol. The normalized spacial score (nSPS) is 18.0. The molecule has 16 heteroatoms. The Morgan fingerprint density at radius 2 is 1.63 bits per heavy atom. The fraction of sp³-hybridized carbons (Fsp3) is 0.314. The van der Waals surface area contributed by atoms with Gasteiger partial charge in [-0.25, -0.2) is 4.98 Å². The number of carbonyl (C=O) groups excluding carboxylic acids is 1. The molecular weight excluding hydrogens is 695 g/mol. The summed E-state index contributed by atoms with van der Waals surface area (Å²) >= 11 is 5.09. The lowest BCUT2D eigenvalue weighted by Crippen LogP contribution is -2.35. The Morgan fingerprint density at radius 1 is 1.04 bits per heavy atom. The summed E-state index contributed by atoms with van der Waals surface area (Å²) in [5, 5.41) is 2.63. The smallest absolute Gasteiger partial charge is 0.280 e. The van der Waals surface area contributed by atoms with E-state index in [4.69, 9.17) is 35.3 Å². The molecule has 1 saturated heterocycles. The Bertz CT molecular complexity index is 1980. The number of imidazole rings is 1. The second-order valence-corrected chi connectivity index (χ2v) is 13.8. The summed E-state index contributed by atoms with van der Waals surface area (Å²) in [5.41, 5.74) is 1.16. The van der Waals surface area contributed by atoms with Crippen LogP contribution in [0.2, 0.25) is 0 Å². The van der Waals surface area contributed by atoms with Crippen molar-refractivity contribution in [1.29, 1.82) is 0 Å². The average Bonchev–Trinajstić information content (AvgIpc) is 3.73. The van der Waals surface area contributed by atoms with Crippen LogP contribution in [0.15, 0.2) is 90.0 Å². The number of fused-ring (bicyclic) bond motifs is 1. The molecule has 0 saturated carbocycles. The van der Waals surface area contributed by atoms with Crippen LogP contribution in [0.3, 0.4) is 0 Å². The van der Waals surface area contributed by atoms with E-state index < -0.39 is 36.7 Å². The summed E-state index contributed by atoms with van der Waals surface area (Å²) in [6.07, 6.45) is -0.437. The van der Waals surface area contributed by atoms with Crippen LogP contribution in [0.1, 0.15) is 43.2 Å². The quantitative estimate of drug-likeness (QED) is 0.0928. The van der Waals surface area contributed by atoms with Crippen LogP contribution >= 0.6 is 7.15 Å². The minimum absolute atomic E-state index is 0. The molecule has 0 spiro atoms. The zero-order valence-corrected chi connectivity index (χ0v) is 30.4. The number of H-pyrrole nitrogens is 1. The highest BCUT2D eigenvalue weighted by atomic mass is 32.4. The molecule has 14 nitrogen and oxygen atoms in total. The number of carbonyl (C=O) groups is 1. The van der Waals surface area contributed by atoms with Gasteiger partial charge in [-0.3, -0.25) is 24.5 Å². The molecule has 3 aromatic carbocycles. The Morgan fingerprint density at radius 3 is 2.18 bits per heavy atom. The second kappa shape index (κ2) is 16.3. The molecule has 3 heterocycles. The highest BCUT2D eigenvalue weighted by Crippen LogP contribution is 2.44. The molecule has 1 amide bonds. The fourth-order valence-electron chi connectivity index (χ4n) is 6.03. The van der Waals surface area contributed by atoms with Crippen molar-refractivity contribution in [2.24, 2.45) is 5.92 Å². The maximum absolute atomic E-state index is 12.9. The number of nitrogens with one attached hydrogen (secondary N) is 2. The van der Waals surface area contributed by atoms with E-state index in [1.165, 1.54) is 6.33 Å². The number of nitrogens with zero attached hydrogens (tertiary/aromatic N) is 3. The third kappa shape index (κ3) is 7.90. The van der Waals surface area contributed by atoms with Gasteiger partial charge in [0.1, 0.15) is 23.2 Å². The van der Waals surface area contributed by atoms with Gasteiger partial charge in [0.05, 0.1) is 33.3 Å². The first-order valence-electron chi connectivity index (χ1n) is 15.9. The van der Waals surface area contributed by atoms with E-state index in [0.29, 0.717) is 17.9 Å². The molecule has 6 N–H and O–H groups in total. The van der Waals surface area contributed by atoms with Gasteiger partial charge in [0.15, 0.2) is 24.5 Å². The summed E-state index contributed by atoms with van der Waals surface area (Å²) < 4.78 is 31.9. The number of amides is 1. The SMILES string of the molecule is COc1ccc(C(OC[C@@H]2C[C@@H](O[PH](O)=S)[C@H](n3cnc4c(=O)[nH]c(NC(=O)C(C)C)nc43)O2)(c2ccccc2)c2ccc(OC)cc2)cc1.N. The largest absolute Gasteiger partial charge is 0.497 e. The van der Waals surface area contributed by atoms with Gasteiger partial charge < -0.3 is 34.5 Å². The van der Waals surface area contributed by atoms with Gasteiger partial charge in [-0.2, -0.15) is 4.98 Å². The molecule has 0 radical (unpaired) electrons. The van der Waals surface area contributed by atoms with Crippen LogP contribution in [0.4, 0.5) is 5.95 Å². The predicted octanol–water partition coefficient (Wildman–Crippen LogP) is 5.07. The number of methoxy groups -OCH3 is 2. The van der Waals surface area contributed by atoms with E-state index in [2.05, 4.69) is 20.3 Å². The minimum atomic E-state index is -2.58. The molecule has 1 unspecified atom stereocenters. The standard InChI is InChI=1S/C35H38N5O8PS.H3N/c1-21(2)31(41)38-34-37-30-29(32(42)39-34)36-20-40(30)33-28(48-49(43)50)18-27(47-33)19-46-35(22-8-6-5-7-9-22,23-10-14-25(44-3)15-11-23)24-12-16-26(45-4)17-13-24;/h5-17,20-21,27-28,33,49H,18-19H2,1-4H3,(H,43,50)(H2,37,38,39,41,42);1H3/t27-,28+,33+;/m0./s1. The van der Waals surface area contributed by atoms with Crippen LogP contribution in [0.5, 0.6) is 11.5 Å². The predicted molar refractivity (Wildman–Crippen MR) is 196 cm³/mol. The molecule has 4 atom stereocenters. The summed E-state index contributed by atoms with van der Waals surface area (Å²) in [5.74, 6) is 0.715. The number of anilines is 1. The Balaban J connectivity index is 0.00000504. The summed E-state index contributed by atoms with van der Waals surface area (Å²) in [6, 6.07) is 25.3. The molecule has 270 valence electrons. The number of rotatable bonds is 13. The zero-order valence-electron chi connectivity index (χ0n) is 28.6. The van der Waals surface area contributed by atoms with Gasteiger partial charge in [-0.15, -0.1) is 0 Å². The highest BCUT2D eigenvalue weighted by molar-refractivity contribution is 8.00. The molecule has 5 aromatic rings. The van der Waals surface area contributed by atoms with Crippen LogP contribution in [-0.2, 0) is 36.2 Å². The first-order chi connectivity index (χ1) is 24.1. The first kappa shape index (κ1) is 37.8. The second-order valence-electron chi connectivity index (χ2n) is 12.0. The van der Waals surface area contributed by atoms with Crippen LogP contribution in [0, 0.1) is 5.92 Å². The zero-order chi connectivity index (χ0) is 35.4. The van der Waals surface area contributed by atoms with Crippen LogP contribution < -0.4 is 26.5 Å². The van der Waals surface area contributed by atoms with Gasteiger partial charge in [0, 0.05) is 12.3 Å². The van der Waals surface area contributed by atoms with E-state index in [1.807, 2.05) is 78.9 Å². The lowest BCUT2D eigenvalue weighted by atomic mass is 9.80. The van der Waals surface area contributed by atoms with Gasteiger partial charge in [0.2, 0.25) is 11.9 Å². The Kier molecular flexibility index (Phi) is 12.0. The van der Waals surface area contributed by atoms with Crippen molar-refractivity contribution in [3.05, 3.63) is 112 Å². The van der Waals surface area contributed by atoms with Gasteiger partial charge in [0.25, 0.3) is 5.56 Å². The third-order valence-corrected chi connectivity index (χ3v) is 9.32. The molecule has 51 heavy (non-hydrogen) atoms. The molecule has 1 fully saturated rings. The van der Waals surface area contributed by atoms with Crippen LogP contribution in [0.25, 0.3) is 11.2 Å². The van der Waals surface area contributed by atoms with E-state index >= 15 is 0 Å². The van der Waals surface area contributed by atoms with Crippen LogP contribution in [-0.4, -0.2) is 63.4 Å². The number of hydrogen-bond acceptors (Lipinski definition) is 11. The van der Waals surface area contributed by atoms with E-state index in [1.54, 1.807) is 32.6 Å². The highest BCUT2D eigenvalue weighted by Gasteiger charge is 2.43. The summed E-state index contributed by atoms with van der Waals surface area (Å²) in [4.78, 5) is 46.8. The van der Waals surface area contributed by atoms with E-state index in [9.17, 15) is 14.5 Å². The molecule has 1 aliphatic rings. The summed E-state index contributed by atoms with van der Waals surface area (Å²) in [7, 11) is 0.652. The van der Waals surface area contributed by atoms with E-state index in [0.717, 1.165) is 16.7 Å². The van der Waals surface area contributed by atoms with Crippen molar-refractivity contribution in [3.8, 4) is 11.5 Å². The maximum Gasteiger partial charge on any atom is 0.280 e. The van der Waals surface area contributed by atoms with Gasteiger partial charge in [-0.05, 0) is 52.8 Å². The van der Waals surface area contributed by atoms with Crippen molar-refractivity contribution < 1.29 is 33.2 Å². The minimum Gasteiger partial charge on any atom is -0.497 e. The number of aromatic amines is 1. The number of aromatic nitrogens is 4. The van der Waals surface area contributed by atoms with Gasteiger partial charge in [-0.1, -0.05) is 68.4 Å². The Labute approximate surface area is 300 Å². The molecule has 6 rings (SSSR count). The number of benzene rings is 3. The lowest BCUT2D eigenvalue weighted by molar-refractivity contribution is -0.118. The molecule has 0 aliphatic carbocycles. The first-order valence-corrected chi connectivity index (χ1v) is 18.4. The van der Waals surface area contributed by atoms with Gasteiger partial charge >= 0.3 is 0 Å². The third-order valence-electron chi connectivity index (χ3n) is 8.53. The fourth-order valence-corrected chi connectivity index (χ4v) is 6.87. The van der Waals surface area contributed by atoms with Crippen molar-refractivity contribution in [3.63, 3.8) is 0 Å². The molecule has 2 aromatic heterocycles.